The Balaban J connectivity index is -0.00000117. The van der Waals surface area contributed by atoms with Crippen molar-refractivity contribution in [1.29, 1.82) is 0 Å². The van der Waals surface area contributed by atoms with Gasteiger partial charge in [0.25, 0.3) is 46.9 Å². The highest BCUT2D eigenvalue weighted by molar-refractivity contribution is 7.74. The van der Waals surface area contributed by atoms with E-state index < -0.39 is 185 Å². The molecule has 16 unspecified atom stereocenters. The summed E-state index contributed by atoms with van der Waals surface area (Å²) in [7, 11) is -60.0. The molecular formula is C39H79NO46P12-12. The predicted octanol–water partition coefficient (Wildman–Crippen LogP) is -3.74. The van der Waals surface area contributed by atoms with Crippen molar-refractivity contribution in [3.8, 4) is 11.8 Å². The summed E-state index contributed by atoms with van der Waals surface area (Å²) in [5.41, 5.74) is 0. The van der Waals surface area contributed by atoms with Gasteiger partial charge in [0.1, 0.15) is 47.2 Å². The molecule has 0 radical (unpaired) electrons. The largest absolute Gasteiger partial charge is 0.778 e. The Morgan fingerprint density at radius 1 is 0.439 bits per heavy atom. The van der Waals surface area contributed by atoms with E-state index in [9.17, 15) is 134 Å². The van der Waals surface area contributed by atoms with Crippen molar-refractivity contribution >= 4 is 98.4 Å². The summed E-state index contributed by atoms with van der Waals surface area (Å²) < 4.78 is 206. The molecule has 0 aromatic carbocycles. The second kappa shape index (κ2) is 44.1. The normalized spacial score (nSPS) is 30.9. The zero-order valence-electron chi connectivity index (χ0n) is 51.7. The fraction of sp³-hybridized carbons (Fsp3) is 0.923. The molecule has 4 heterocycles. The number of hydrogen-bond donors (Lipinski definition) is 5. The monoisotopic (exact) mass is 1670 g/mol. The molecule has 0 spiro atoms. The summed E-state index contributed by atoms with van der Waals surface area (Å²) in [5, 5.41) is 31.1. The topological polar surface area (TPSA) is 748 Å². The number of amides is 1. The van der Waals surface area contributed by atoms with Gasteiger partial charge in [-0.2, -0.15) is 0 Å². The quantitative estimate of drug-likeness (QED) is 0.0311. The zero-order chi connectivity index (χ0) is 75.1. The van der Waals surface area contributed by atoms with Gasteiger partial charge in [-0.3, -0.25) is 45.1 Å². The molecule has 1 amide bonds. The molecule has 0 saturated carbocycles. The van der Waals surface area contributed by atoms with E-state index in [1.54, 1.807) is 34.6 Å². The number of aliphatic hydroxyl groups is 3. The highest BCUT2D eigenvalue weighted by Gasteiger charge is 2.38. The maximum absolute atomic E-state index is 11.5. The number of rotatable bonds is 33. The smallest absolute Gasteiger partial charge is 0.280 e. The third-order valence-corrected chi connectivity index (χ3v) is 31.4. The minimum absolute atomic E-state index is 0. The van der Waals surface area contributed by atoms with Crippen molar-refractivity contribution < 1.29 is 215 Å². The van der Waals surface area contributed by atoms with Crippen LogP contribution in [0, 0.1) is 11.8 Å². The average Bonchev–Trinajstić information content (AvgIpc) is 1.27. The van der Waals surface area contributed by atoms with Crippen LogP contribution in [0.5, 0.6) is 0 Å². The van der Waals surface area contributed by atoms with Crippen LogP contribution in [0.15, 0.2) is 0 Å². The van der Waals surface area contributed by atoms with Gasteiger partial charge in [0.15, 0.2) is 22.8 Å². The molecule has 4 aliphatic rings. The standard InChI is InChI=1S/C8H19O12P3.2C8H19O11P3.C7H17O11P3.C6H9NO.2CH4/c1-6-4-7(15-2)8(18-6)5-17-22(11,12)20-23(13,14)19-21(9,10)16-3;2*1-6-3-7(9)8(18-6)4-17-20(10,11)5-21(12,13)19-22(14,15)16-2;1-5-2-6(8)7(17-5)3-16-19(9,10)4-20(11,12)18-21(13,14)15;1-3-4-5-7-6(2)8;;/h6-8H,4-5H2,1-3H3,(H,9,10)(H,11,12)(H,13,14);2*6-9H,3-5H2,1-2H3,(H,10,11)(H,12,13)(H,14,15);5-8H,2-4H2,1H3,(H,9,10)(H,11,12)(H2,13,14,15);5H2,1-2H3,(H,7,8);2*1H4/p-12/t3*6-,7?,8+;5-,6?,7+;;;/m0000.../s1. The third kappa shape index (κ3) is 47.2. The van der Waals surface area contributed by atoms with Crippen molar-refractivity contribution in [3.63, 3.8) is 0 Å². The minimum atomic E-state index is -5.77. The SMILES string of the molecule is C.C.CC#CCNC(C)=O.COC1C[C@H](C)O[C@@H]1COP(=O)([O-])OP(=O)([O-])OP(=O)([O-])OC.COP(=O)([O-])OP(=O)([O-])CP(=O)([O-])OC[C@H]1O[C@@H](C)CC1O.COP(=O)([O-])OP(=O)([O-])CP(=O)([O-])OC[C@H]1O[C@@H](C)CC1O.C[C@H]1CC(O)[C@@H](COP(=O)([O-])CP(=O)([O-])OP(=O)([O-])O)O1. The van der Waals surface area contributed by atoms with Crippen molar-refractivity contribution in [1.82, 2.24) is 5.32 Å². The van der Waals surface area contributed by atoms with E-state index in [0.29, 0.717) is 34.3 Å². The lowest BCUT2D eigenvalue weighted by molar-refractivity contribution is -0.252. The molecule has 4 saturated heterocycles. The van der Waals surface area contributed by atoms with Crippen LogP contribution in [0.3, 0.4) is 0 Å². The van der Waals surface area contributed by atoms with Crippen molar-refractivity contribution in [2.75, 3.05) is 79.1 Å². The first-order valence-corrected chi connectivity index (χ1v) is 45.4. The van der Waals surface area contributed by atoms with E-state index >= 15 is 0 Å². The van der Waals surface area contributed by atoms with Crippen LogP contribution in [-0.4, -0.2) is 178 Å². The Hall–Kier alpha value is 0.470. The number of carbonyl (C=O) groups is 1. The summed E-state index contributed by atoms with van der Waals surface area (Å²) in [6.07, 6.45) is -6.63. The first-order chi connectivity index (χ1) is 43.2. The number of aliphatic hydroxyl groups excluding tert-OH is 3. The average molecular weight is 1670 g/mol. The Kier molecular flexibility index (Phi) is 46.2. The number of methoxy groups -OCH3 is 1. The van der Waals surface area contributed by atoms with Crippen LogP contribution < -0.4 is 64.0 Å². The zero-order valence-corrected chi connectivity index (χ0v) is 62.4. The van der Waals surface area contributed by atoms with Crippen LogP contribution in [0.25, 0.3) is 0 Å². The van der Waals surface area contributed by atoms with Gasteiger partial charge in [0, 0.05) is 61.0 Å². The lowest BCUT2D eigenvalue weighted by Gasteiger charge is -2.35. The summed E-state index contributed by atoms with van der Waals surface area (Å²) in [6.45, 7) is 7.99. The van der Waals surface area contributed by atoms with Crippen LogP contribution in [-0.2, 0) is 136 Å². The van der Waals surface area contributed by atoms with E-state index in [-0.39, 0.29) is 64.4 Å². The van der Waals surface area contributed by atoms with Crippen molar-refractivity contribution in [2.45, 2.75) is 155 Å². The number of phosphoric acid groups is 6. The van der Waals surface area contributed by atoms with Crippen LogP contribution in [0.4, 0.5) is 0 Å². The number of carbonyl (C=O) groups excluding carboxylic acids is 1. The van der Waals surface area contributed by atoms with Crippen LogP contribution >= 0.6 is 92.5 Å². The van der Waals surface area contributed by atoms with Gasteiger partial charge in [0.05, 0.1) is 99.5 Å². The van der Waals surface area contributed by atoms with Gasteiger partial charge in [-0.1, -0.05) is 20.8 Å². The fourth-order valence-corrected chi connectivity index (χ4v) is 23.8. The van der Waals surface area contributed by atoms with Crippen molar-refractivity contribution in [3.05, 3.63) is 0 Å². The van der Waals surface area contributed by atoms with E-state index in [4.69, 9.17) is 28.6 Å². The second-order valence-electron chi connectivity index (χ2n) is 19.6. The molecule has 0 aliphatic carbocycles. The molecule has 4 rings (SSSR count). The molecule has 59 heteroatoms. The van der Waals surface area contributed by atoms with Crippen molar-refractivity contribution in [2.24, 2.45) is 0 Å². The molecule has 5 N–H and O–H groups in total. The highest BCUT2D eigenvalue weighted by Crippen LogP contribution is 2.65. The first kappa shape index (κ1) is 103. The molecule has 24 atom stereocenters. The van der Waals surface area contributed by atoms with Gasteiger partial charge in [-0.15, -0.1) is 5.92 Å². The molecule has 98 heavy (non-hydrogen) atoms. The summed E-state index contributed by atoms with van der Waals surface area (Å²) in [4.78, 5) is 152. The molecule has 0 aromatic rings. The molecule has 588 valence electrons. The van der Waals surface area contributed by atoms with Gasteiger partial charge in [-0.05, 0) is 34.6 Å². The lowest BCUT2D eigenvalue weighted by Crippen LogP contribution is -2.29. The highest BCUT2D eigenvalue weighted by atomic mass is 31.3. The Labute approximate surface area is 563 Å². The number of hydrogen-bond acceptors (Lipinski definition) is 45. The fourth-order valence-electron chi connectivity index (χ4n) is 7.24. The Morgan fingerprint density at radius 3 is 1.00 bits per heavy atom. The Morgan fingerprint density at radius 2 is 0.724 bits per heavy atom. The summed E-state index contributed by atoms with van der Waals surface area (Å²) >= 11 is 0. The van der Waals surface area contributed by atoms with Gasteiger partial charge < -0.3 is 167 Å². The van der Waals surface area contributed by atoms with Gasteiger partial charge >= 0.3 is 0 Å². The molecular weight excluding hydrogens is 1590 g/mol. The maximum atomic E-state index is 11.5. The number of phosphoric ester groups is 4. The van der Waals surface area contributed by atoms with Gasteiger partial charge in [0.2, 0.25) is 5.91 Å². The van der Waals surface area contributed by atoms with Gasteiger partial charge in [-0.25, -0.2) is 8.62 Å². The summed E-state index contributed by atoms with van der Waals surface area (Å²) in [6, 6.07) is 0. The second-order valence-corrected chi connectivity index (χ2v) is 41.2. The van der Waals surface area contributed by atoms with Crippen LogP contribution in [0.2, 0.25) is 0 Å². The summed E-state index contributed by atoms with van der Waals surface area (Å²) in [5.74, 6) is 0.217. The van der Waals surface area contributed by atoms with E-state index in [1.807, 2.05) is 0 Å². The van der Waals surface area contributed by atoms with Crippen LogP contribution in [0.1, 0.15) is 82.1 Å². The van der Waals surface area contributed by atoms with E-state index in [0.717, 1.165) is 0 Å². The predicted molar refractivity (Wildman–Crippen MR) is 309 cm³/mol. The lowest BCUT2D eigenvalue weighted by atomic mass is 10.1. The molecule has 0 aromatic heterocycles. The number of ether oxygens (including phenoxy) is 5. The first-order valence-electron chi connectivity index (χ1n) is 26.2. The number of nitrogens with one attached hydrogen (secondary N) is 1. The third-order valence-electron chi connectivity index (χ3n) is 11.0. The van der Waals surface area contributed by atoms with E-state index in [2.05, 4.69) is 70.4 Å². The molecule has 47 nitrogen and oxygen atoms in total. The molecule has 4 fully saturated rings. The van der Waals surface area contributed by atoms with E-state index in [1.165, 1.54) is 14.0 Å². The minimum Gasteiger partial charge on any atom is -0.778 e. The molecule has 0 bridgehead atoms. The molecule has 4 aliphatic heterocycles. The Bertz CT molecular complexity index is 3030. The maximum Gasteiger partial charge on any atom is 0.280 e.